The lowest BCUT2D eigenvalue weighted by Crippen LogP contribution is -2.45. The van der Waals surface area contributed by atoms with Gasteiger partial charge in [-0.05, 0) is 39.7 Å². The number of hydrogen-bond donors (Lipinski definition) is 2. The standard InChI is InChI=1S/C14H29N3O/c1-12(2)17(10-6-9-15)11-14(18)16-13-7-4-3-5-8-13/h12-13H,3-11,15H2,1-2H3,(H,16,18). The van der Waals surface area contributed by atoms with E-state index in [9.17, 15) is 4.79 Å². The predicted octanol–water partition coefficient (Wildman–Crippen LogP) is 1.49. The number of nitrogens with two attached hydrogens (primary N) is 1. The van der Waals surface area contributed by atoms with Crippen LogP contribution in [0.1, 0.15) is 52.4 Å². The molecule has 0 aromatic rings. The van der Waals surface area contributed by atoms with E-state index in [1.807, 2.05) is 0 Å². The molecule has 1 aliphatic carbocycles. The van der Waals surface area contributed by atoms with Crippen molar-refractivity contribution >= 4 is 5.91 Å². The van der Waals surface area contributed by atoms with E-state index in [1.54, 1.807) is 0 Å². The van der Waals surface area contributed by atoms with Gasteiger partial charge in [-0.25, -0.2) is 0 Å². The van der Waals surface area contributed by atoms with Gasteiger partial charge in [-0.1, -0.05) is 19.3 Å². The molecule has 1 aliphatic rings. The van der Waals surface area contributed by atoms with Gasteiger partial charge in [0.15, 0.2) is 0 Å². The molecule has 1 amide bonds. The van der Waals surface area contributed by atoms with E-state index in [0.29, 0.717) is 25.2 Å². The monoisotopic (exact) mass is 255 g/mol. The molecule has 4 nitrogen and oxygen atoms in total. The summed E-state index contributed by atoms with van der Waals surface area (Å²) in [5.74, 6) is 0.174. The summed E-state index contributed by atoms with van der Waals surface area (Å²) in [6, 6.07) is 0.809. The Morgan fingerprint density at radius 3 is 2.56 bits per heavy atom. The molecule has 0 atom stereocenters. The first-order chi connectivity index (χ1) is 8.63. The molecule has 1 fully saturated rings. The summed E-state index contributed by atoms with van der Waals surface area (Å²) in [6.07, 6.45) is 7.08. The number of nitrogens with zero attached hydrogens (tertiary/aromatic N) is 1. The second-order valence-corrected chi connectivity index (χ2v) is 5.61. The van der Waals surface area contributed by atoms with E-state index in [4.69, 9.17) is 5.73 Å². The lowest BCUT2D eigenvalue weighted by atomic mass is 9.95. The van der Waals surface area contributed by atoms with Crippen LogP contribution in [0.2, 0.25) is 0 Å². The molecule has 0 aromatic heterocycles. The van der Waals surface area contributed by atoms with Crippen molar-refractivity contribution in [2.75, 3.05) is 19.6 Å². The quantitative estimate of drug-likeness (QED) is 0.725. The first kappa shape index (κ1) is 15.4. The van der Waals surface area contributed by atoms with E-state index in [1.165, 1.54) is 19.3 Å². The van der Waals surface area contributed by atoms with Crippen LogP contribution in [0.15, 0.2) is 0 Å². The van der Waals surface area contributed by atoms with Gasteiger partial charge in [-0.15, -0.1) is 0 Å². The number of nitrogens with one attached hydrogen (secondary N) is 1. The molecule has 0 aromatic carbocycles. The van der Waals surface area contributed by atoms with Gasteiger partial charge < -0.3 is 11.1 Å². The van der Waals surface area contributed by atoms with Crippen LogP contribution in [0.4, 0.5) is 0 Å². The Kier molecular flexibility index (Phi) is 7.28. The third-order valence-electron chi connectivity index (χ3n) is 3.70. The van der Waals surface area contributed by atoms with Crippen LogP contribution in [-0.4, -0.2) is 42.5 Å². The largest absolute Gasteiger partial charge is 0.352 e. The summed E-state index contributed by atoms with van der Waals surface area (Å²) in [6.45, 7) is 6.36. The van der Waals surface area contributed by atoms with Crippen molar-refractivity contribution in [1.29, 1.82) is 0 Å². The second-order valence-electron chi connectivity index (χ2n) is 5.61. The summed E-state index contributed by atoms with van der Waals surface area (Å²) in [7, 11) is 0. The number of amides is 1. The fourth-order valence-corrected chi connectivity index (χ4v) is 2.52. The maximum atomic E-state index is 12.0. The minimum absolute atomic E-state index is 0.174. The van der Waals surface area contributed by atoms with Gasteiger partial charge in [0, 0.05) is 18.6 Å². The number of carbonyl (C=O) groups excluding carboxylic acids is 1. The third-order valence-corrected chi connectivity index (χ3v) is 3.70. The Bertz CT molecular complexity index is 237. The van der Waals surface area contributed by atoms with Crippen molar-refractivity contribution < 1.29 is 4.79 Å². The maximum absolute atomic E-state index is 12.0. The Morgan fingerprint density at radius 1 is 1.33 bits per heavy atom. The fraction of sp³-hybridized carbons (Fsp3) is 0.929. The molecule has 18 heavy (non-hydrogen) atoms. The molecule has 106 valence electrons. The smallest absolute Gasteiger partial charge is 0.234 e. The first-order valence-electron chi connectivity index (χ1n) is 7.37. The molecule has 0 aliphatic heterocycles. The molecule has 0 heterocycles. The van der Waals surface area contributed by atoms with Crippen molar-refractivity contribution in [1.82, 2.24) is 10.2 Å². The zero-order valence-electron chi connectivity index (χ0n) is 12.0. The van der Waals surface area contributed by atoms with Gasteiger partial charge >= 0.3 is 0 Å². The van der Waals surface area contributed by atoms with Crippen LogP contribution >= 0.6 is 0 Å². The van der Waals surface area contributed by atoms with Crippen molar-refractivity contribution in [3.8, 4) is 0 Å². The topological polar surface area (TPSA) is 58.4 Å². The summed E-state index contributed by atoms with van der Waals surface area (Å²) < 4.78 is 0. The van der Waals surface area contributed by atoms with Gasteiger partial charge in [-0.3, -0.25) is 9.69 Å². The van der Waals surface area contributed by atoms with Gasteiger partial charge in [0.05, 0.1) is 6.54 Å². The minimum atomic E-state index is 0.174. The second kappa shape index (κ2) is 8.48. The van der Waals surface area contributed by atoms with Crippen LogP contribution in [0.5, 0.6) is 0 Å². The molecular formula is C14H29N3O. The Labute approximate surface area is 111 Å². The van der Waals surface area contributed by atoms with Crippen LogP contribution in [0.25, 0.3) is 0 Å². The van der Waals surface area contributed by atoms with E-state index >= 15 is 0 Å². The maximum Gasteiger partial charge on any atom is 0.234 e. The first-order valence-corrected chi connectivity index (χ1v) is 7.37. The SMILES string of the molecule is CC(C)N(CCCN)CC(=O)NC1CCCCC1. The van der Waals surface area contributed by atoms with Crippen LogP contribution in [-0.2, 0) is 4.79 Å². The van der Waals surface area contributed by atoms with Gasteiger partial charge in [-0.2, -0.15) is 0 Å². The fourth-order valence-electron chi connectivity index (χ4n) is 2.52. The molecule has 0 spiro atoms. The molecule has 0 radical (unpaired) electrons. The Morgan fingerprint density at radius 2 is 2.00 bits per heavy atom. The lowest BCUT2D eigenvalue weighted by Gasteiger charge is -2.28. The van der Waals surface area contributed by atoms with Crippen molar-refractivity contribution in [2.24, 2.45) is 5.73 Å². The van der Waals surface area contributed by atoms with Crippen LogP contribution in [0, 0.1) is 0 Å². The van der Waals surface area contributed by atoms with E-state index in [2.05, 4.69) is 24.1 Å². The van der Waals surface area contributed by atoms with E-state index in [0.717, 1.165) is 25.8 Å². The lowest BCUT2D eigenvalue weighted by molar-refractivity contribution is -0.123. The van der Waals surface area contributed by atoms with Crippen LogP contribution in [0.3, 0.4) is 0 Å². The van der Waals surface area contributed by atoms with Crippen molar-refractivity contribution in [3.63, 3.8) is 0 Å². The molecule has 0 saturated heterocycles. The normalized spacial score (nSPS) is 17.4. The summed E-state index contributed by atoms with van der Waals surface area (Å²) in [5, 5.41) is 3.17. The van der Waals surface area contributed by atoms with Crippen LogP contribution < -0.4 is 11.1 Å². The molecule has 1 rings (SSSR count). The highest BCUT2D eigenvalue weighted by Crippen LogP contribution is 2.17. The highest BCUT2D eigenvalue weighted by Gasteiger charge is 2.18. The summed E-state index contributed by atoms with van der Waals surface area (Å²) in [5.41, 5.74) is 5.53. The number of rotatable bonds is 7. The third kappa shape index (κ3) is 5.83. The van der Waals surface area contributed by atoms with E-state index < -0.39 is 0 Å². The average molecular weight is 255 g/mol. The number of hydrogen-bond acceptors (Lipinski definition) is 3. The van der Waals surface area contributed by atoms with Gasteiger partial charge in [0.1, 0.15) is 0 Å². The molecular weight excluding hydrogens is 226 g/mol. The predicted molar refractivity (Wildman–Crippen MR) is 75.4 cm³/mol. The van der Waals surface area contributed by atoms with Gasteiger partial charge in [0.2, 0.25) is 5.91 Å². The minimum Gasteiger partial charge on any atom is -0.352 e. The Balaban J connectivity index is 2.30. The van der Waals surface area contributed by atoms with Gasteiger partial charge in [0.25, 0.3) is 0 Å². The highest BCUT2D eigenvalue weighted by atomic mass is 16.2. The highest BCUT2D eigenvalue weighted by molar-refractivity contribution is 5.78. The molecule has 3 N–H and O–H groups in total. The molecule has 4 heteroatoms. The van der Waals surface area contributed by atoms with Crippen molar-refractivity contribution in [3.05, 3.63) is 0 Å². The van der Waals surface area contributed by atoms with E-state index in [-0.39, 0.29) is 5.91 Å². The zero-order valence-corrected chi connectivity index (χ0v) is 12.0. The average Bonchev–Trinajstić information content (AvgIpc) is 2.35. The summed E-state index contributed by atoms with van der Waals surface area (Å²) in [4.78, 5) is 14.2. The number of carbonyl (C=O) groups is 1. The molecule has 0 unspecified atom stereocenters. The molecule has 1 saturated carbocycles. The summed E-state index contributed by atoms with van der Waals surface area (Å²) >= 11 is 0. The Hall–Kier alpha value is -0.610. The van der Waals surface area contributed by atoms with Crippen molar-refractivity contribution in [2.45, 2.75) is 64.5 Å². The molecule has 0 bridgehead atoms. The zero-order chi connectivity index (χ0) is 13.4.